The third-order valence-corrected chi connectivity index (χ3v) is 7.65. The second-order valence-electron chi connectivity index (χ2n) is 8.09. The van der Waals surface area contributed by atoms with Crippen molar-refractivity contribution in [1.29, 1.82) is 0 Å². The maximum Gasteiger partial charge on any atom is 0.264 e. The summed E-state index contributed by atoms with van der Waals surface area (Å²) < 4.78 is 29.8. The normalized spacial score (nSPS) is 11.5. The van der Waals surface area contributed by atoms with Gasteiger partial charge in [-0.15, -0.1) is 0 Å². The number of carbonyl (C=O) groups is 1. The Kier molecular flexibility index (Phi) is 7.57. The summed E-state index contributed by atoms with van der Waals surface area (Å²) in [6, 6.07) is 26.1. The van der Waals surface area contributed by atoms with Gasteiger partial charge in [0, 0.05) is 27.7 Å². The average Bonchev–Trinajstić information content (AvgIpc) is 3.16. The van der Waals surface area contributed by atoms with Crippen molar-refractivity contribution < 1.29 is 13.2 Å². The second-order valence-corrected chi connectivity index (χ2v) is 10.4. The summed E-state index contributed by atoms with van der Waals surface area (Å²) in [6.45, 7) is 3.51. The van der Waals surface area contributed by atoms with Crippen LogP contribution in [0.4, 0.5) is 5.69 Å². The van der Waals surface area contributed by atoms with Gasteiger partial charge in [-0.05, 0) is 68.4 Å². The molecule has 0 saturated carbocycles. The summed E-state index contributed by atoms with van der Waals surface area (Å²) >= 11 is 5.98. The first-order chi connectivity index (χ1) is 17.3. The molecule has 9 heteroatoms. The fourth-order valence-corrected chi connectivity index (χ4v) is 5.44. The number of hydrogen-bond acceptors (Lipinski definition) is 4. The molecule has 1 heterocycles. The molecule has 0 aliphatic rings. The highest BCUT2D eigenvalue weighted by molar-refractivity contribution is 7.92. The smallest absolute Gasteiger partial charge is 0.264 e. The number of aryl methyl sites for hydroxylation is 1. The third-order valence-electron chi connectivity index (χ3n) is 5.61. The molecule has 0 aliphatic heterocycles. The quantitative estimate of drug-likeness (QED) is 0.259. The number of para-hydroxylation sites is 1. The van der Waals surface area contributed by atoms with E-state index in [1.807, 2.05) is 50.2 Å². The van der Waals surface area contributed by atoms with Crippen LogP contribution in [-0.4, -0.2) is 31.7 Å². The van der Waals surface area contributed by atoms with Crippen LogP contribution >= 0.6 is 11.6 Å². The van der Waals surface area contributed by atoms with Gasteiger partial charge < -0.3 is 4.57 Å². The number of halogens is 1. The van der Waals surface area contributed by atoms with E-state index in [9.17, 15) is 13.2 Å². The summed E-state index contributed by atoms with van der Waals surface area (Å²) in [5.41, 5.74) is 6.62. The molecule has 0 fully saturated rings. The van der Waals surface area contributed by atoms with Crippen LogP contribution in [0.2, 0.25) is 5.02 Å². The van der Waals surface area contributed by atoms with Gasteiger partial charge in [-0.3, -0.25) is 9.10 Å². The molecule has 7 nitrogen and oxygen atoms in total. The van der Waals surface area contributed by atoms with Gasteiger partial charge in [-0.25, -0.2) is 13.8 Å². The number of hydrogen-bond donors (Lipinski definition) is 1. The lowest BCUT2D eigenvalue weighted by Gasteiger charge is -2.23. The predicted octanol–water partition coefficient (Wildman–Crippen LogP) is 5.09. The topological polar surface area (TPSA) is 83.8 Å². The van der Waals surface area contributed by atoms with Gasteiger partial charge in [0.1, 0.15) is 6.54 Å². The molecular formula is C27H25ClN4O3S. The number of nitrogens with zero attached hydrogens (tertiary/aromatic N) is 3. The molecule has 0 saturated heterocycles. The molecule has 0 aliphatic carbocycles. The zero-order chi connectivity index (χ0) is 25.7. The molecule has 0 unspecified atom stereocenters. The van der Waals surface area contributed by atoms with Crippen LogP contribution in [0.15, 0.2) is 101 Å². The van der Waals surface area contributed by atoms with Crippen LogP contribution in [0.5, 0.6) is 0 Å². The number of nitrogens with one attached hydrogen (secondary N) is 1. The fourth-order valence-electron chi connectivity index (χ4n) is 3.87. The first kappa shape index (κ1) is 25.2. The summed E-state index contributed by atoms with van der Waals surface area (Å²) in [7, 11) is -4.00. The summed E-state index contributed by atoms with van der Waals surface area (Å²) in [4.78, 5) is 12.9. The number of sulfonamides is 1. The monoisotopic (exact) mass is 520 g/mol. The number of rotatable bonds is 8. The van der Waals surface area contributed by atoms with Gasteiger partial charge in [-0.1, -0.05) is 48.0 Å². The number of aromatic nitrogens is 1. The minimum absolute atomic E-state index is 0.0737. The number of hydrazone groups is 1. The Morgan fingerprint density at radius 2 is 1.58 bits per heavy atom. The largest absolute Gasteiger partial charge is 0.318 e. The molecule has 0 atom stereocenters. The van der Waals surface area contributed by atoms with E-state index in [1.54, 1.807) is 48.7 Å². The minimum Gasteiger partial charge on any atom is -0.318 e. The van der Waals surface area contributed by atoms with Crippen LogP contribution in [0, 0.1) is 13.8 Å². The van der Waals surface area contributed by atoms with Gasteiger partial charge in [0.15, 0.2) is 0 Å². The number of anilines is 1. The Labute approximate surface area is 215 Å². The standard InChI is InChI=1S/C27H25ClN4O3S/c1-20-17-22(21(2)32(20)25-9-5-3-6-10-25)18-29-30-27(33)19-31(24-15-13-23(28)14-16-24)36(34,35)26-11-7-4-8-12-26/h3-18H,19H2,1-2H3,(H,30,33)/b29-18-. The maximum atomic E-state index is 13.3. The average molecular weight is 521 g/mol. The SMILES string of the molecule is Cc1cc(/C=N\NC(=O)CN(c2ccc(Cl)cc2)S(=O)(=O)c2ccccc2)c(C)n1-c1ccccc1. The Hall–Kier alpha value is -3.88. The summed E-state index contributed by atoms with van der Waals surface area (Å²) in [6.07, 6.45) is 1.55. The van der Waals surface area contributed by atoms with Crippen molar-refractivity contribution in [2.75, 3.05) is 10.8 Å². The highest BCUT2D eigenvalue weighted by Gasteiger charge is 2.27. The van der Waals surface area contributed by atoms with Crippen LogP contribution < -0.4 is 9.73 Å². The first-order valence-electron chi connectivity index (χ1n) is 11.2. The first-order valence-corrected chi connectivity index (χ1v) is 13.0. The zero-order valence-electron chi connectivity index (χ0n) is 19.8. The van der Waals surface area contributed by atoms with E-state index >= 15 is 0 Å². The van der Waals surface area contributed by atoms with Crippen molar-refractivity contribution in [3.05, 3.63) is 113 Å². The Balaban J connectivity index is 1.54. The Morgan fingerprint density at radius 3 is 2.22 bits per heavy atom. The Morgan fingerprint density at radius 1 is 0.972 bits per heavy atom. The fraction of sp³-hybridized carbons (Fsp3) is 0.111. The highest BCUT2D eigenvalue weighted by Crippen LogP contribution is 2.25. The molecule has 3 aromatic carbocycles. The van der Waals surface area contributed by atoms with Gasteiger partial charge in [0.25, 0.3) is 15.9 Å². The van der Waals surface area contributed by atoms with Gasteiger partial charge in [0.2, 0.25) is 0 Å². The molecule has 184 valence electrons. The molecule has 1 aromatic heterocycles. The number of amides is 1. The molecule has 36 heavy (non-hydrogen) atoms. The Bertz CT molecular complexity index is 1480. The molecule has 0 spiro atoms. The lowest BCUT2D eigenvalue weighted by Crippen LogP contribution is -2.39. The molecule has 4 rings (SSSR count). The number of carbonyl (C=O) groups excluding carboxylic acids is 1. The van der Waals surface area contributed by atoms with Crippen molar-refractivity contribution in [2.24, 2.45) is 5.10 Å². The summed E-state index contributed by atoms with van der Waals surface area (Å²) in [5, 5.41) is 4.54. The molecule has 4 aromatic rings. The lowest BCUT2D eigenvalue weighted by atomic mass is 10.2. The van der Waals surface area contributed by atoms with Gasteiger partial charge >= 0.3 is 0 Å². The zero-order valence-corrected chi connectivity index (χ0v) is 21.4. The summed E-state index contributed by atoms with van der Waals surface area (Å²) in [5.74, 6) is -0.586. The molecular weight excluding hydrogens is 496 g/mol. The highest BCUT2D eigenvalue weighted by atomic mass is 35.5. The van der Waals surface area contributed by atoms with E-state index in [1.165, 1.54) is 12.1 Å². The van der Waals surface area contributed by atoms with E-state index < -0.39 is 22.5 Å². The lowest BCUT2D eigenvalue weighted by molar-refractivity contribution is -0.119. The van der Waals surface area contributed by atoms with Crippen molar-refractivity contribution in [3.63, 3.8) is 0 Å². The molecule has 0 radical (unpaired) electrons. The van der Waals surface area contributed by atoms with Crippen molar-refractivity contribution in [2.45, 2.75) is 18.7 Å². The van der Waals surface area contributed by atoms with E-state index in [0.29, 0.717) is 10.7 Å². The second kappa shape index (κ2) is 10.8. The van der Waals surface area contributed by atoms with Crippen LogP contribution in [0.3, 0.4) is 0 Å². The van der Waals surface area contributed by atoms with E-state index in [2.05, 4.69) is 15.1 Å². The van der Waals surface area contributed by atoms with E-state index in [0.717, 1.165) is 26.9 Å². The van der Waals surface area contributed by atoms with Crippen molar-refractivity contribution in [1.82, 2.24) is 9.99 Å². The molecule has 1 N–H and O–H groups in total. The van der Waals surface area contributed by atoms with Crippen molar-refractivity contribution in [3.8, 4) is 5.69 Å². The van der Waals surface area contributed by atoms with Crippen LogP contribution in [-0.2, 0) is 14.8 Å². The van der Waals surface area contributed by atoms with Crippen molar-refractivity contribution >= 4 is 39.4 Å². The van der Waals surface area contributed by atoms with Crippen LogP contribution in [0.25, 0.3) is 5.69 Å². The van der Waals surface area contributed by atoms with E-state index in [4.69, 9.17) is 11.6 Å². The van der Waals surface area contributed by atoms with Gasteiger partial charge in [-0.2, -0.15) is 5.10 Å². The third kappa shape index (κ3) is 5.50. The molecule has 0 bridgehead atoms. The number of benzene rings is 3. The maximum absolute atomic E-state index is 13.3. The van der Waals surface area contributed by atoms with Crippen LogP contribution in [0.1, 0.15) is 17.0 Å². The van der Waals surface area contributed by atoms with E-state index in [-0.39, 0.29) is 4.90 Å². The minimum atomic E-state index is -4.00. The molecule has 1 amide bonds. The predicted molar refractivity (Wildman–Crippen MR) is 143 cm³/mol. The van der Waals surface area contributed by atoms with Gasteiger partial charge in [0.05, 0.1) is 16.8 Å².